The van der Waals surface area contributed by atoms with Crippen LogP contribution in [0.4, 0.5) is 0 Å². The van der Waals surface area contributed by atoms with Gasteiger partial charge in [-0.2, -0.15) is 0 Å². The Morgan fingerprint density at radius 1 is 1.25 bits per heavy atom. The molecule has 0 spiro atoms. The maximum Gasteiger partial charge on any atom is 0.0499 e. The first-order chi connectivity index (χ1) is 9.63. The molecule has 1 heterocycles. The largest absolute Gasteiger partial charge is 0.326 e. The van der Waals surface area contributed by atoms with Gasteiger partial charge in [0.2, 0.25) is 0 Å². The highest BCUT2D eigenvalue weighted by Gasteiger charge is 2.28. The van der Waals surface area contributed by atoms with E-state index in [1.807, 2.05) is 0 Å². The Morgan fingerprint density at radius 2 is 1.90 bits per heavy atom. The number of aryl methyl sites for hydroxylation is 1. The molecular formula is C18H30N2. The van der Waals surface area contributed by atoms with Crippen LogP contribution in [-0.2, 0) is 0 Å². The van der Waals surface area contributed by atoms with Crippen molar-refractivity contribution in [3.63, 3.8) is 0 Å². The molecule has 1 aliphatic heterocycles. The Bertz CT molecular complexity index is 406. The summed E-state index contributed by atoms with van der Waals surface area (Å²) in [4.78, 5) is 2.61. The monoisotopic (exact) mass is 274 g/mol. The highest BCUT2D eigenvalue weighted by atomic mass is 15.2. The second kappa shape index (κ2) is 7.24. The lowest BCUT2D eigenvalue weighted by molar-refractivity contribution is 0.115. The minimum Gasteiger partial charge on any atom is -0.326 e. The zero-order valence-corrected chi connectivity index (χ0v) is 13.3. The summed E-state index contributed by atoms with van der Waals surface area (Å²) in [6, 6.07) is 9.26. The number of nitrogens with two attached hydrogens (primary N) is 1. The molecule has 2 atom stereocenters. The lowest BCUT2D eigenvalue weighted by Gasteiger charge is -2.40. The molecule has 112 valence electrons. The van der Waals surface area contributed by atoms with Gasteiger partial charge < -0.3 is 5.73 Å². The van der Waals surface area contributed by atoms with Crippen molar-refractivity contribution in [2.45, 2.75) is 58.5 Å². The van der Waals surface area contributed by atoms with E-state index in [1.165, 1.54) is 49.9 Å². The first-order valence-corrected chi connectivity index (χ1v) is 8.18. The predicted molar refractivity (Wildman–Crippen MR) is 86.8 cm³/mol. The van der Waals surface area contributed by atoms with Gasteiger partial charge in [0.25, 0.3) is 0 Å². The van der Waals surface area contributed by atoms with Gasteiger partial charge in [0.1, 0.15) is 0 Å². The number of nitrogens with zero attached hydrogens (tertiary/aromatic N) is 1. The van der Waals surface area contributed by atoms with Crippen molar-refractivity contribution in [2.24, 2.45) is 11.7 Å². The fraction of sp³-hybridized carbons (Fsp3) is 0.667. The number of hydrogen-bond donors (Lipinski definition) is 1. The van der Waals surface area contributed by atoms with Crippen LogP contribution in [0.1, 0.15) is 56.7 Å². The van der Waals surface area contributed by atoms with Gasteiger partial charge in [-0.05, 0) is 56.8 Å². The maximum atomic E-state index is 6.32. The minimum atomic E-state index is 0.179. The third-order valence-electron chi connectivity index (χ3n) is 4.74. The lowest BCUT2D eigenvalue weighted by atomic mass is 9.88. The van der Waals surface area contributed by atoms with Gasteiger partial charge in [-0.25, -0.2) is 0 Å². The Kier molecular flexibility index (Phi) is 5.62. The number of piperidine rings is 1. The zero-order valence-electron chi connectivity index (χ0n) is 13.3. The van der Waals surface area contributed by atoms with E-state index in [4.69, 9.17) is 5.73 Å². The van der Waals surface area contributed by atoms with Gasteiger partial charge in [0, 0.05) is 12.1 Å². The van der Waals surface area contributed by atoms with Crippen LogP contribution in [-0.4, -0.2) is 24.0 Å². The van der Waals surface area contributed by atoms with Crippen LogP contribution in [0.15, 0.2) is 24.3 Å². The van der Waals surface area contributed by atoms with Crippen LogP contribution in [0.3, 0.4) is 0 Å². The van der Waals surface area contributed by atoms with Crippen molar-refractivity contribution in [1.82, 2.24) is 4.90 Å². The molecule has 0 saturated carbocycles. The zero-order chi connectivity index (χ0) is 14.5. The van der Waals surface area contributed by atoms with Crippen molar-refractivity contribution >= 4 is 0 Å². The molecule has 0 radical (unpaired) electrons. The van der Waals surface area contributed by atoms with E-state index in [1.54, 1.807) is 0 Å². The molecule has 0 bridgehead atoms. The van der Waals surface area contributed by atoms with Gasteiger partial charge in [-0.3, -0.25) is 4.90 Å². The van der Waals surface area contributed by atoms with Crippen molar-refractivity contribution in [3.05, 3.63) is 35.4 Å². The van der Waals surface area contributed by atoms with Crippen molar-refractivity contribution < 1.29 is 0 Å². The molecule has 1 fully saturated rings. The third-order valence-corrected chi connectivity index (χ3v) is 4.74. The summed E-state index contributed by atoms with van der Waals surface area (Å²) in [6.45, 7) is 9.05. The van der Waals surface area contributed by atoms with E-state index in [-0.39, 0.29) is 6.04 Å². The lowest BCUT2D eigenvalue weighted by Crippen LogP contribution is -2.44. The van der Waals surface area contributed by atoms with Gasteiger partial charge in [0.15, 0.2) is 0 Å². The first-order valence-electron chi connectivity index (χ1n) is 8.18. The second-order valence-corrected chi connectivity index (χ2v) is 6.43. The molecular weight excluding hydrogens is 244 g/mol. The van der Waals surface area contributed by atoms with Crippen LogP contribution in [0.25, 0.3) is 0 Å². The molecule has 0 aromatic heterocycles. The second-order valence-electron chi connectivity index (χ2n) is 6.43. The van der Waals surface area contributed by atoms with E-state index in [0.717, 1.165) is 5.92 Å². The molecule has 0 amide bonds. The first kappa shape index (κ1) is 15.5. The molecule has 2 N–H and O–H groups in total. The summed E-state index contributed by atoms with van der Waals surface area (Å²) in [5.74, 6) is 0.932. The highest BCUT2D eigenvalue weighted by Crippen LogP contribution is 2.31. The fourth-order valence-electron chi connectivity index (χ4n) is 3.66. The highest BCUT2D eigenvalue weighted by molar-refractivity contribution is 5.30. The van der Waals surface area contributed by atoms with E-state index in [0.29, 0.717) is 6.04 Å². The van der Waals surface area contributed by atoms with Crippen molar-refractivity contribution in [3.8, 4) is 0 Å². The van der Waals surface area contributed by atoms with E-state index >= 15 is 0 Å². The molecule has 1 aromatic rings. The molecule has 1 aliphatic rings. The maximum absolute atomic E-state index is 6.32. The van der Waals surface area contributed by atoms with E-state index in [9.17, 15) is 0 Å². The van der Waals surface area contributed by atoms with Crippen molar-refractivity contribution in [2.75, 3.05) is 13.1 Å². The summed E-state index contributed by atoms with van der Waals surface area (Å²) in [7, 11) is 0. The van der Waals surface area contributed by atoms with Crippen LogP contribution >= 0.6 is 0 Å². The minimum absolute atomic E-state index is 0.179. The fourth-order valence-corrected chi connectivity index (χ4v) is 3.66. The smallest absolute Gasteiger partial charge is 0.0499 e. The van der Waals surface area contributed by atoms with Gasteiger partial charge >= 0.3 is 0 Å². The normalized spacial score (nSPS) is 20.8. The summed E-state index contributed by atoms with van der Waals surface area (Å²) >= 11 is 0. The molecule has 2 unspecified atom stereocenters. The molecule has 20 heavy (non-hydrogen) atoms. The standard InChI is InChI=1S/C18H30N2/c1-4-7-16-10-12-20(13-11-16)18(15(3)19)17-9-6-5-8-14(17)2/h5-6,8-9,15-16,18H,4,7,10-13,19H2,1-3H3. The van der Waals surface area contributed by atoms with Crippen LogP contribution in [0.2, 0.25) is 0 Å². The van der Waals surface area contributed by atoms with Gasteiger partial charge in [0.05, 0.1) is 0 Å². The summed E-state index contributed by atoms with van der Waals surface area (Å²) in [6.07, 6.45) is 5.38. The number of hydrogen-bond acceptors (Lipinski definition) is 2. The molecule has 1 saturated heterocycles. The van der Waals surface area contributed by atoms with Gasteiger partial charge in [-0.15, -0.1) is 0 Å². The average molecular weight is 274 g/mol. The Hall–Kier alpha value is -0.860. The number of likely N-dealkylation sites (tertiary alicyclic amines) is 1. The Balaban J connectivity index is 2.09. The number of rotatable bonds is 5. The SMILES string of the molecule is CCCC1CCN(C(c2ccccc2C)C(C)N)CC1. The molecule has 0 aliphatic carbocycles. The Morgan fingerprint density at radius 3 is 2.45 bits per heavy atom. The summed E-state index contributed by atoms with van der Waals surface area (Å²) < 4.78 is 0. The van der Waals surface area contributed by atoms with Crippen molar-refractivity contribution in [1.29, 1.82) is 0 Å². The van der Waals surface area contributed by atoms with Crippen LogP contribution in [0, 0.1) is 12.8 Å². The molecule has 2 rings (SSSR count). The van der Waals surface area contributed by atoms with E-state index in [2.05, 4.69) is 49.9 Å². The number of benzene rings is 1. The molecule has 1 aromatic carbocycles. The Labute approximate surface area is 124 Å². The van der Waals surface area contributed by atoms with E-state index < -0.39 is 0 Å². The quantitative estimate of drug-likeness (QED) is 0.882. The third kappa shape index (κ3) is 3.62. The molecule has 2 heteroatoms. The topological polar surface area (TPSA) is 29.3 Å². The predicted octanol–water partition coefficient (Wildman–Crippen LogP) is 3.90. The average Bonchev–Trinajstić information content (AvgIpc) is 2.43. The van der Waals surface area contributed by atoms with Gasteiger partial charge in [-0.1, -0.05) is 44.0 Å². The van der Waals surface area contributed by atoms with Crippen LogP contribution < -0.4 is 5.73 Å². The summed E-state index contributed by atoms with van der Waals surface area (Å²) in [5.41, 5.74) is 9.10. The molecule has 2 nitrogen and oxygen atoms in total. The summed E-state index contributed by atoms with van der Waals surface area (Å²) in [5, 5.41) is 0. The van der Waals surface area contributed by atoms with Crippen LogP contribution in [0.5, 0.6) is 0 Å².